The second-order valence-corrected chi connectivity index (χ2v) is 6.13. The predicted molar refractivity (Wildman–Crippen MR) is 72.7 cm³/mol. The number of hydrogen-bond acceptors (Lipinski definition) is 4. The number of nitrogens with zero attached hydrogens (tertiary/aromatic N) is 2. The molecule has 0 spiro atoms. The third-order valence-electron chi connectivity index (χ3n) is 4.54. The Balaban J connectivity index is 1.44. The maximum Gasteiger partial charge on any atom is 0.251 e. The molecule has 2 N–H and O–H groups in total. The quantitative estimate of drug-likeness (QED) is 0.782. The molecule has 5 nitrogen and oxygen atoms in total. The molecule has 0 aromatic rings. The van der Waals surface area contributed by atoms with Gasteiger partial charge in [-0.1, -0.05) is 0 Å². The van der Waals surface area contributed by atoms with Gasteiger partial charge in [0, 0.05) is 39.3 Å². The van der Waals surface area contributed by atoms with Gasteiger partial charge in [0.2, 0.25) is 0 Å². The molecule has 0 bridgehead atoms. The highest BCUT2D eigenvalue weighted by Crippen LogP contribution is 2.30. The number of piperazine rings is 1. The Hall–Kier alpha value is -0.650. The van der Waals surface area contributed by atoms with Crippen LogP contribution in [0.3, 0.4) is 0 Å². The second kappa shape index (κ2) is 5.77. The smallest absolute Gasteiger partial charge is 0.251 e. The van der Waals surface area contributed by atoms with Crippen molar-refractivity contribution in [3.63, 3.8) is 0 Å². The van der Waals surface area contributed by atoms with E-state index >= 15 is 0 Å². The molecule has 1 saturated carbocycles. The van der Waals surface area contributed by atoms with Crippen LogP contribution in [0.4, 0.5) is 0 Å². The molecule has 2 saturated heterocycles. The highest BCUT2D eigenvalue weighted by molar-refractivity contribution is 5.81. The van der Waals surface area contributed by atoms with E-state index in [0.717, 1.165) is 44.9 Å². The molecule has 19 heavy (non-hydrogen) atoms. The molecule has 3 rings (SSSR count). The number of ether oxygens (including phenoxy) is 1. The van der Waals surface area contributed by atoms with Crippen molar-refractivity contribution >= 4 is 5.91 Å². The van der Waals surface area contributed by atoms with Crippen LogP contribution in [0.15, 0.2) is 0 Å². The van der Waals surface area contributed by atoms with E-state index in [1.165, 1.54) is 19.4 Å². The summed E-state index contributed by atoms with van der Waals surface area (Å²) in [5.74, 6) is 1.12. The Bertz CT molecular complexity index is 325. The van der Waals surface area contributed by atoms with Gasteiger partial charge in [-0.05, 0) is 31.6 Å². The minimum atomic E-state index is -0.233. The van der Waals surface area contributed by atoms with E-state index in [0.29, 0.717) is 6.54 Å². The Morgan fingerprint density at radius 1 is 1.11 bits per heavy atom. The van der Waals surface area contributed by atoms with Crippen molar-refractivity contribution < 1.29 is 9.53 Å². The summed E-state index contributed by atoms with van der Waals surface area (Å²) in [5.41, 5.74) is 5.59. The monoisotopic (exact) mass is 267 g/mol. The molecule has 1 aliphatic carbocycles. The standard InChI is InChI=1S/C14H25N3O2/c15-9-12-3-4-13(19-12)14(18)17-7-5-16(6-8-17)10-11-1-2-11/h11-13H,1-10,15H2. The van der Waals surface area contributed by atoms with Crippen molar-refractivity contribution in [1.82, 2.24) is 9.80 Å². The average molecular weight is 267 g/mol. The molecular formula is C14H25N3O2. The SMILES string of the molecule is NCC1CCC(C(=O)N2CCN(CC3CC3)CC2)O1. The summed E-state index contributed by atoms with van der Waals surface area (Å²) >= 11 is 0. The highest BCUT2D eigenvalue weighted by Gasteiger charge is 2.34. The Morgan fingerprint density at radius 2 is 1.84 bits per heavy atom. The van der Waals surface area contributed by atoms with Crippen LogP contribution in [0.5, 0.6) is 0 Å². The minimum absolute atomic E-state index is 0.0881. The first-order valence-electron chi connectivity index (χ1n) is 7.63. The molecule has 0 aromatic carbocycles. The van der Waals surface area contributed by atoms with Crippen LogP contribution < -0.4 is 5.73 Å². The molecule has 108 valence electrons. The number of carbonyl (C=O) groups is 1. The molecule has 2 unspecified atom stereocenters. The number of carbonyl (C=O) groups excluding carboxylic acids is 1. The van der Waals surface area contributed by atoms with Crippen molar-refractivity contribution in [2.24, 2.45) is 11.7 Å². The van der Waals surface area contributed by atoms with Crippen molar-refractivity contribution in [3.05, 3.63) is 0 Å². The predicted octanol–water partition coefficient (Wildman–Crippen LogP) is 0.0469. The minimum Gasteiger partial charge on any atom is -0.364 e. The summed E-state index contributed by atoms with van der Waals surface area (Å²) in [5, 5.41) is 0. The van der Waals surface area contributed by atoms with Crippen LogP contribution in [0.25, 0.3) is 0 Å². The molecule has 2 atom stereocenters. The molecular weight excluding hydrogens is 242 g/mol. The van der Waals surface area contributed by atoms with Crippen LogP contribution in [-0.4, -0.2) is 67.2 Å². The van der Waals surface area contributed by atoms with E-state index in [1.807, 2.05) is 4.90 Å². The van der Waals surface area contributed by atoms with Gasteiger partial charge >= 0.3 is 0 Å². The average Bonchev–Trinajstić information content (AvgIpc) is 3.12. The van der Waals surface area contributed by atoms with Crippen LogP contribution in [0, 0.1) is 5.92 Å². The summed E-state index contributed by atoms with van der Waals surface area (Å²) in [6.45, 7) is 5.53. The normalized spacial score (nSPS) is 32.8. The van der Waals surface area contributed by atoms with Gasteiger partial charge in [-0.3, -0.25) is 9.69 Å². The maximum absolute atomic E-state index is 12.3. The van der Waals surface area contributed by atoms with E-state index in [1.54, 1.807) is 0 Å². The summed E-state index contributed by atoms with van der Waals surface area (Å²) in [6.07, 6.45) is 4.41. The summed E-state index contributed by atoms with van der Waals surface area (Å²) < 4.78 is 5.70. The van der Waals surface area contributed by atoms with Gasteiger partial charge in [-0.25, -0.2) is 0 Å². The zero-order chi connectivity index (χ0) is 13.2. The summed E-state index contributed by atoms with van der Waals surface area (Å²) in [7, 11) is 0. The van der Waals surface area contributed by atoms with E-state index in [4.69, 9.17) is 10.5 Å². The molecule has 2 aliphatic heterocycles. The molecule has 3 fully saturated rings. The maximum atomic E-state index is 12.3. The van der Waals surface area contributed by atoms with Gasteiger partial charge in [-0.15, -0.1) is 0 Å². The third-order valence-corrected chi connectivity index (χ3v) is 4.54. The fourth-order valence-corrected chi connectivity index (χ4v) is 3.08. The van der Waals surface area contributed by atoms with Crippen LogP contribution in [0.2, 0.25) is 0 Å². The largest absolute Gasteiger partial charge is 0.364 e. The molecule has 0 aromatic heterocycles. The van der Waals surface area contributed by atoms with Crippen molar-refractivity contribution in [1.29, 1.82) is 0 Å². The number of hydrogen-bond donors (Lipinski definition) is 1. The van der Waals surface area contributed by atoms with E-state index in [-0.39, 0.29) is 18.1 Å². The lowest BCUT2D eigenvalue weighted by molar-refractivity contribution is -0.144. The molecule has 2 heterocycles. The fourth-order valence-electron chi connectivity index (χ4n) is 3.08. The first-order chi connectivity index (χ1) is 9.26. The van der Waals surface area contributed by atoms with Crippen molar-refractivity contribution in [2.45, 2.75) is 37.9 Å². The van der Waals surface area contributed by atoms with Gasteiger partial charge in [0.25, 0.3) is 5.91 Å². The second-order valence-electron chi connectivity index (χ2n) is 6.13. The van der Waals surface area contributed by atoms with E-state index in [9.17, 15) is 4.79 Å². The summed E-state index contributed by atoms with van der Waals surface area (Å²) in [4.78, 5) is 16.8. The van der Waals surface area contributed by atoms with Crippen LogP contribution in [0.1, 0.15) is 25.7 Å². The first kappa shape index (κ1) is 13.3. The molecule has 0 radical (unpaired) electrons. The molecule has 3 aliphatic rings. The van der Waals surface area contributed by atoms with Crippen molar-refractivity contribution in [2.75, 3.05) is 39.3 Å². The Morgan fingerprint density at radius 3 is 2.42 bits per heavy atom. The number of amides is 1. The topological polar surface area (TPSA) is 58.8 Å². The lowest BCUT2D eigenvalue weighted by Gasteiger charge is -2.35. The van der Waals surface area contributed by atoms with Crippen molar-refractivity contribution in [3.8, 4) is 0 Å². The zero-order valence-corrected chi connectivity index (χ0v) is 11.6. The number of nitrogens with two attached hydrogens (primary N) is 1. The van der Waals surface area contributed by atoms with Crippen LogP contribution in [-0.2, 0) is 9.53 Å². The number of rotatable bonds is 4. The van der Waals surface area contributed by atoms with Gasteiger partial charge in [-0.2, -0.15) is 0 Å². The van der Waals surface area contributed by atoms with Gasteiger partial charge in [0.05, 0.1) is 6.10 Å². The highest BCUT2D eigenvalue weighted by atomic mass is 16.5. The van der Waals surface area contributed by atoms with Gasteiger partial charge < -0.3 is 15.4 Å². The van der Waals surface area contributed by atoms with Crippen LogP contribution >= 0.6 is 0 Å². The fraction of sp³-hybridized carbons (Fsp3) is 0.929. The van der Waals surface area contributed by atoms with E-state index in [2.05, 4.69) is 4.90 Å². The lowest BCUT2D eigenvalue weighted by atomic mass is 10.1. The lowest BCUT2D eigenvalue weighted by Crippen LogP contribution is -2.51. The molecule has 5 heteroatoms. The molecule has 1 amide bonds. The zero-order valence-electron chi connectivity index (χ0n) is 11.6. The Kier molecular flexibility index (Phi) is 4.05. The first-order valence-corrected chi connectivity index (χ1v) is 7.63. The summed E-state index contributed by atoms with van der Waals surface area (Å²) in [6, 6.07) is 0. The Labute approximate surface area is 115 Å². The van der Waals surface area contributed by atoms with Gasteiger partial charge in [0.1, 0.15) is 6.10 Å². The van der Waals surface area contributed by atoms with Gasteiger partial charge in [0.15, 0.2) is 0 Å². The van der Waals surface area contributed by atoms with E-state index < -0.39 is 0 Å². The third kappa shape index (κ3) is 3.27.